The van der Waals surface area contributed by atoms with Gasteiger partial charge in [-0.05, 0) is 30.7 Å². The molecule has 170 valence electrons. The first-order valence-electron chi connectivity index (χ1n) is 10.5. The number of hydrogen-bond acceptors (Lipinski definition) is 7. The summed E-state index contributed by atoms with van der Waals surface area (Å²) in [6.07, 6.45) is 0. The second kappa shape index (κ2) is 7.86. The molecule has 3 aromatic rings. The number of anilines is 2. The van der Waals surface area contributed by atoms with Gasteiger partial charge in [-0.2, -0.15) is 10.6 Å². The fourth-order valence-electron chi connectivity index (χ4n) is 4.24. The maximum absolute atomic E-state index is 14.5. The number of fused-ring (bicyclic) bond motifs is 2. The minimum atomic E-state index is -3.22. The van der Waals surface area contributed by atoms with Crippen molar-refractivity contribution in [1.29, 1.82) is 0 Å². The van der Waals surface area contributed by atoms with E-state index in [9.17, 15) is 13.5 Å². The van der Waals surface area contributed by atoms with E-state index in [1.807, 2.05) is 30.0 Å². The number of halogens is 1. The van der Waals surface area contributed by atoms with E-state index in [0.29, 0.717) is 44.2 Å². The van der Waals surface area contributed by atoms with Crippen LogP contribution in [0.1, 0.15) is 11.1 Å². The zero-order chi connectivity index (χ0) is 22.5. The molecule has 2 aliphatic heterocycles. The average Bonchev–Trinajstić information content (AvgIpc) is 2.87. The maximum Gasteiger partial charge on any atom is 0.146 e. The third-order valence-corrected chi connectivity index (χ3v) is 7.93. The van der Waals surface area contributed by atoms with Gasteiger partial charge in [-0.3, -0.25) is 9.11 Å². The monoisotopic (exact) mass is 458 g/mol. The van der Waals surface area contributed by atoms with E-state index >= 15 is 0 Å². The lowest BCUT2D eigenvalue weighted by molar-refractivity contribution is -0.0461. The van der Waals surface area contributed by atoms with Crippen LogP contribution in [0.4, 0.5) is 15.9 Å². The van der Waals surface area contributed by atoms with Crippen LogP contribution in [0.2, 0.25) is 0 Å². The molecule has 2 aliphatic rings. The van der Waals surface area contributed by atoms with Crippen molar-refractivity contribution in [2.45, 2.75) is 23.9 Å². The highest BCUT2D eigenvalue weighted by molar-refractivity contribution is 8.24. The molecule has 5 rings (SSSR count). The van der Waals surface area contributed by atoms with E-state index in [0.717, 1.165) is 22.2 Å². The number of nitrogens with one attached hydrogen (secondary N) is 1. The van der Waals surface area contributed by atoms with Crippen molar-refractivity contribution in [1.82, 2.24) is 4.98 Å². The molecule has 0 bridgehead atoms. The Morgan fingerprint density at radius 2 is 2.06 bits per heavy atom. The van der Waals surface area contributed by atoms with Crippen LogP contribution in [0, 0.1) is 12.7 Å². The number of pyridine rings is 1. The van der Waals surface area contributed by atoms with Crippen molar-refractivity contribution < 1.29 is 18.2 Å². The molecular formula is C23H27FN4O3S. The Morgan fingerprint density at radius 1 is 1.25 bits per heavy atom. The predicted octanol–water partition coefficient (Wildman–Crippen LogP) is 3.95. The number of benzene rings is 2. The Hall–Kier alpha value is -2.43. The Kier molecular flexibility index (Phi) is 5.26. The number of nitrogens with zero attached hydrogens (tertiary/aromatic N) is 2. The number of rotatable bonds is 4. The average molecular weight is 459 g/mol. The van der Waals surface area contributed by atoms with E-state index < -0.39 is 21.9 Å². The van der Waals surface area contributed by atoms with E-state index in [4.69, 9.17) is 15.5 Å². The summed E-state index contributed by atoms with van der Waals surface area (Å²) in [5, 5.41) is 4.46. The van der Waals surface area contributed by atoms with Gasteiger partial charge in [0, 0.05) is 36.8 Å². The van der Waals surface area contributed by atoms with Crippen molar-refractivity contribution in [3.05, 3.63) is 59.4 Å². The first kappa shape index (κ1) is 21.4. The minimum absolute atomic E-state index is 0.0207. The van der Waals surface area contributed by atoms with Crippen molar-refractivity contribution in [2.24, 2.45) is 5.73 Å². The van der Waals surface area contributed by atoms with Crippen LogP contribution in [-0.4, -0.2) is 51.7 Å². The second-order valence-electron chi connectivity index (χ2n) is 8.78. The summed E-state index contributed by atoms with van der Waals surface area (Å²) in [4.78, 5) is 6.83. The molecule has 5 N–H and O–H groups in total. The summed E-state index contributed by atoms with van der Waals surface area (Å²) < 4.78 is 41.0. The molecule has 1 aromatic heterocycles. The van der Waals surface area contributed by atoms with Gasteiger partial charge in [0.25, 0.3) is 0 Å². The quantitative estimate of drug-likeness (QED) is 0.469. The van der Waals surface area contributed by atoms with Crippen molar-refractivity contribution in [3.63, 3.8) is 0 Å². The fourth-order valence-corrected chi connectivity index (χ4v) is 5.85. The SMILES string of the molecule is Cc1ccc2nc(N3CCS(O)(O)c4c(F)cccc4C3)cc(NCC3(N)COC3)c2c1. The molecule has 3 heterocycles. The Bertz CT molecular complexity index is 1190. The molecule has 0 aliphatic carbocycles. The number of hydrogen-bond donors (Lipinski definition) is 4. The third-order valence-electron chi connectivity index (χ3n) is 6.07. The van der Waals surface area contributed by atoms with Gasteiger partial charge in [0.2, 0.25) is 0 Å². The molecule has 0 amide bonds. The predicted molar refractivity (Wildman–Crippen MR) is 126 cm³/mol. The standard InChI is InChI=1S/C23H27FN4O3S/c1-15-5-6-19-17(9-15)20(26-12-23(25)13-31-14-23)10-21(27-19)28-7-8-32(29,30)22-16(11-28)3-2-4-18(22)24/h2-6,9-10,29-30H,7-8,11-14,25H2,1H3,(H,26,27). The van der Waals surface area contributed by atoms with Gasteiger partial charge in [-0.15, -0.1) is 0 Å². The van der Waals surface area contributed by atoms with E-state index in [-0.39, 0.29) is 10.6 Å². The molecule has 0 saturated carbocycles. The molecule has 1 fully saturated rings. The Labute approximate surface area is 187 Å². The summed E-state index contributed by atoms with van der Waals surface area (Å²) in [6, 6.07) is 12.6. The molecule has 0 spiro atoms. The topological polar surface area (TPSA) is 104 Å². The zero-order valence-electron chi connectivity index (χ0n) is 17.8. The van der Waals surface area contributed by atoms with Crippen LogP contribution in [0.15, 0.2) is 47.4 Å². The van der Waals surface area contributed by atoms with Crippen LogP contribution in [-0.2, 0) is 11.3 Å². The van der Waals surface area contributed by atoms with Gasteiger partial charge in [-0.1, -0.05) is 23.8 Å². The molecule has 1 saturated heterocycles. The van der Waals surface area contributed by atoms with Gasteiger partial charge in [0.05, 0.1) is 34.9 Å². The largest absolute Gasteiger partial charge is 0.382 e. The first-order valence-corrected chi connectivity index (χ1v) is 12.3. The van der Waals surface area contributed by atoms with E-state index in [2.05, 4.69) is 11.4 Å². The van der Waals surface area contributed by atoms with Crippen molar-refractivity contribution >= 4 is 33.0 Å². The van der Waals surface area contributed by atoms with E-state index in [1.54, 1.807) is 12.1 Å². The van der Waals surface area contributed by atoms with Crippen LogP contribution < -0.4 is 16.0 Å². The molecule has 9 heteroatoms. The van der Waals surface area contributed by atoms with Crippen LogP contribution in [0.3, 0.4) is 0 Å². The molecule has 7 nitrogen and oxygen atoms in total. The summed E-state index contributed by atoms with van der Waals surface area (Å²) in [5.41, 5.74) is 9.34. The number of ether oxygens (including phenoxy) is 1. The maximum atomic E-state index is 14.5. The second-order valence-corrected chi connectivity index (χ2v) is 10.9. The highest BCUT2D eigenvalue weighted by Crippen LogP contribution is 2.52. The molecular weight excluding hydrogens is 431 g/mol. The van der Waals surface area contributed by atoms with Gasteiger partial charge in [0.15, 0.2) is 0 Å². The lowest BCUT2D eigenvalue weighted by Gasteiger charge is -2.38. The summed E-state index contributed by atoms with van der Waals surface area (Å²) >= 11 is 0. The fraction of sp³-hybridized carbons (Fsp3) is 0.348. The number of aryl methyl sites for hydroxylation is 1. The van der Waals surface area contributed by atoms with Gasteiger partial charge >= 0.3 is 0 Å². The lowest BCUT2D eigenvalue weighted by Crippen LogP contribution is -2.61. The summed E-state index contributed by atoms with van der Waals surface area (Å²) in [6.45, 7) is 4.30. The van der Waals surface area contributed by atoms with Gasteiger partial charge in [-0.25, -0.2) is 9.37 Å². The zero-order valence-corrected chi connectivity index (χ0v) is 18.7. The highest BCUT2D eigenvalue weighted by atomic mass is 32.3. The normalized spacial score (nSPS) is 20.2. The molecule has 0 atom stereocenters. The van der Waals surface area contributed by atoms with Crippen molar-refractivity contribution in [3.8, 4) is 0 Å². The highest BCUT2D eigenvalue weighted by Gasteiger charge is 2.34. The molecule has 0 radical (unpaired) electrons. The summed E-state index contributed by atoms with van der Waals surface area (Å²) in [5.74, 6) is 0.150. The lowest BCUT2D eigenvalue weighted by atomic mass is 9.99. The Morgan fingerprint density at radius 3 is 2.81 bits per heavy atom. The number of nitrogens with two attached hydrogens (primary N) is 1. The van der Waals surface area contributed by atoms with Gasteiger partial charge < -0.3 is 20.7 Å². The van der Waals surface area contributed by atoms with Crippen LogP contribution >= 0.6 is 10.6 Å². The first-order chi connectivity index (χ1) is 15.2. The molecule has 2 aromatic carbocycles. The Balaban J connectivity index is 1.54. The summed E-state index contributed by atoms with van der Waals surface area (Å²) in [7, 11) is -3.22. The third kappa shape index (κ3) is 3.91. The van der Waals surface area contributed by atoms with E-state index in [1.165, 1.54) is 6.07 Å². The van der Waals surface area contributed by atoms with Crippen LogP contribution in [0.5, 0.6) is 0 Å². The van der Waals surface area contributed by atoms with Gasteiger partial charge in [0.1, 0.15) is 11.6 Å². The molecule has 0 unspecified atom stereocenters. The van der Waals surface area contributed by atoms with Crippen LogP contribution in [0.25, 0.3) is 10.9 Å². The molecule has 32 heavy (non-hydrogen) atoms. The minimum Gasteiger partial charge on any atom is -0.382 e. The smallest absolute Gasteiger partial charge is 0.146 e. The number of aromatic nitrogens is 1. The van der Waals surface area contributed by atoms with Crippen molar-refractivity contribution in [2.75, 3.05) is 42.3 Å².